The zero-order valence-corrected chi connectivity index (χ0v) is 11.6. The van der Waals surface area contributed by atoms with Gasteiger partial charge in [-0.25, -0.2) is 4.79 Å². The van der Waals surface area contributed by atoms with E-state index in [2.05, 4.69) is 16.0 Å². The molecule has 2 aromatic rings. The molecule has 0 radical (unpaired) electrons. The van der Waals surface area contributed by atoms with Crippen LogP contribution in [0.25, 0.3) is 5.57 Å². The summed E-state index contributed by atoms with van der Waals surface area (Å²) in [5.41, 5.74) is 6.84. The Morgan fingerprint density at radius 1 is 0.909 bits per heavy atom. The van der Waals surface area contributed by atoms with Crippen LogP contribution in [-0.2, 0) is 0 Å². The quantitative estimate of drug-likeness (QED) is 0.642. The first-order valence-electron chi connectivity index (χ1n) is 6.71. The number of hydrogen-bond donors (Lipinski definition) is 1. The van der Waals surface area contributed by atoms with E-state index in [-0.39, 0.29) is 5.56 Å². The fourth-order valence-corrected chi connectivity index (χ4v) is 2.00. The van der Waals surface area contributed by atoms with E-state index in [4.69, 9.17) is 5.11 Å². The van der Waals surface area contributed by atoms with Gasteiger partial charge >= 0.3 is 5.97 Å². The van der Waals surface area contributed by atoms with Crippen molar-refractivity contribution in [3.8, 4) is 0 Å². The molecule has 0 fully saturated rings. The minimum absolute atomic E-state index is 0.231. The third kappa shape index (κ3) is 3.08. The number of aromatic carboxylic acids is 1. The number of allylic oxidation sites excluding steroid dienone is 3. The number of rotatable bonds is 4. The van der Waals surface area contributed by atoms with Gasteiger partial charge in [0.2, 0.25) is 0 Å². The van der Waals surface area contributed by atoms with Crippen molar-refractivity contribution < 1.29 is 9.90 Å². The van der Waals surface area contributed by atoms with Crippen LogP contribution >= 0.6 is 0 Å². The monoisotopic (exact) mass is 288 g/mol. The van der Waals surface area contributed by atoms with E-state index in [1.165, 1.54) is 12.1 Å². The zero-order chi connectivity index (χ0) is 15.4. The van der Waals surface area contributed by atoms with Crippen LogP contribution in [0.4, 0.5) is 11.4 Å². The van der Waals surface area contributed by atoms with Crippen LogP contribution in [0.2, 0.25) is 0 Å². The van der Waals surface area contributed by atoms with Crippen LogP contribution in [0.5, 0.6) is 0 Å². The lowest BCUT2D eigenvalue weighted by Crippen LogP contribution is -1.93. The molecule has 4 nitrogen and oxygen atoms in total. The van der Waals surface area contributed by atoms with Crippen LogP contribution in [0.15, 0.2) is 82.7 Å². The normalized spacial score (nSPS) is 12.8. The summed E-state index contributed by atoms with van der Waals surface area (Å²) in [6.07, 6.45) is 5.83. The second-order valence-electron chi connectivity index (χ2n) is 4.68. The average molecular weight is 288 g/mol. The third-order valence-corrected chi connectivity index (χ3v) is 3.17. The largest absolute Gasteiger partial charge is 0.478 e. The predicted octanol–water partition coefficient (Wildman–Crippen LogP) is 4.91. The zero-order valence-electron chi connectivity index (χ0n) is 11.6. The molecule has 4 heteroatoms. The molecule has 0 aromatic heterocycles. The van der Waals surface area contributed by atoms with Crippen molar-refractivity contribution in [1.29, 1.82) is 0 Å². The molecule has 1 aliphatic rings. The summed E-state index contributed by atoms with van der Waals surface area (Å²) in [5, 5.41) is 17.1. The Kier molecular flexibility index (Phi) is 3.77. The summed E-state index contributed by atoms with van der Waals surface area (Å²) < 4.78 is 0. The van der Waals surface area contributed by atoms with Crippen molar-refractivity contribution in [1.82, 2.24) is 0 Å². The van der Waals surface area contributed by atoms with Crippen molar-refractivity contribution in [2.45, 2.75) is 0 Å². The number of hydrogen-bond acceptors (Lipinski definition) is 3. The van der Waals surface area contributed by atoms with Gasteiger partial charge in [-0.15, -0.1) is 5.73 Å². The van der Waals surface area contributed by atoms with E-state index >= 15 is 0 Å². The Labute approximate surface area is 127 Å². The smallest absolute Gasteiger partial charge is 0.335 e. The van der Waals surface area contributed by atoms with Crippen LogP contribution in [0.3, 0.4) is 0 Å². The Bertz CT molecular complexity index is 822. The van der Waals surface area contributed by atoms with E-state index in [1.807, 2.05) is 42.5 Å². The number of carboxylic acid groups (broad SMARTS) is 1. The van der Waals surface area contributed by atoms with E-state index in [1.54, 1.807) is 12.1 Å². The Hall–Kier alpha value is -3.23. The van der Waals surface area contributed by atoms with Gasteiger partial charge in [-0.3, -0.25) is 0 Å². The molecule has 0 saturated heterocycles. The maximum atomic E-state index is 10.8. The molecule has 0 amide bonds. The first kappa shape index (κ1) is 13.7. The summed E-state index contributed by atoms with van der Waals surface area (Å²) in [6, 6.07) is 14.0. The molecule has 0 saturated carbocycles. The van der Waals surface area contributed by atoms with Gasteiger partial charge < -0.3 is 5.11 Å². The molecular weight excluding hydrogens is 276 g/mol. The van der Waals surface area contributed by atoms with E-state index in [0.717, 1.165) is 16.8 Å². The standard InChI is InChI=1S/C18H12N2O2/c21-18(22)15-7-11-17(12-8-15)20-19-16-9-5-14(6-10-16)13-3-1-2-4-13/h1-3,5-12H,(H,21,22). The lowest BCUT2D eigenvalue weighted by atomic mass is 10.1. The SMILES string of the molecule is O=C(O)c1ccc(N=Nc2ccc(C3=C=CC=C3)cc2)cc1. The van der Waals surface area contributed by atoms with Crippen molar-refractivity contribution in [2.75, 3.05) is 0 Å². The van der Waals surface area contributed by atoms with Crippen molar-refractivity contribution in [2.24, 2.45) is 10.2 Å². The molecule has 0 heterocycles. The van der Waals surface area contributed by atoms with Gasteiger partial charge in [0.15, 0.2) is 0 Å². The highest BCUT2D eigenvalue weighted by Gasteiger charge is 2.01. The summed E-state index contributed by atoms with van der Waals surface area (Å²) in [4.78, 5) is 10.8. The van der Waals surface area contributed by atoms with Crippen molar-refractivity contribution >= 4 is 22.9 Å². The van der Waals surface area contributed by atoms with Crippen molar-refractivity contribution in [3.05, 3.63) is 83.6 Å². The number of carbonyl (C=O) groups is 1. The molecular formula is C18H12N2O2. The highest BCUT2D eigenvalue weighted by molar-refractivity contribution is 5.87. The van der Waals surface area contributed by atoms with Gasteiger partial charge in [0.25, 0.3) is 0 Å². The molecule has 0 bridgehead atoms. The van der Waals surface area contributed by atoms with E-state index in [9.17, 15) is 4.79 Å². The fourth-order valence-electron chi connectivity index (χ4n) is 2.00. The van der Waals surface area contributed by atoms with Gasteiger partial charge in [-0.05, 0) is 54.1 Å². The Morgan fingerprint density at radius 3 is 2.00 bits per heavy atom. The average Bonchev–Trinajstić information content (AvgIpc) is 3.08. The van der Waals surface area contributed by atoms with E-state index < -0.39 is 5.97 Å². The number of benzene rings is 2. The topological polar surface area (TPSA) is 62.0 Å². The molecule has 3 rings (SSSR count). The molecule has 0 atom stereocenters. The molecule has 0 aliphatic heterocycles. The van der Waals surface area contributed by atoms with Crippen LogP contribution < -0.4 is 0 Å². The third-order valence-electron chi connectivity index (χ3n) is 3.17. The first-order chi connectivity index (χ1) is 10.7. The first-order valence-corrected chi connectivity index (χ1v) is 6.71. The van der Waals surface area contributed by atoms with Crippen molar-refractivity contribution in [3.63, 3.8) is 0 Å². The molecule has 0 unspecified atom stereocenters. The molecule has 2 aromatic carbocycles. The van der Waals surface area contributed by atoms with Gasteiger partial charge in [0.05, 0.1) is 16.9 Å². The molecule has 106 valence electrons. The summed E-state index contributed by atoms with van der Waals surface area (Å²) in [5.74, 6) is -0.955. The minimum Gasteiger partial charge on any atom is -0.478 e. The fraction of sp³-hybridized carbons (Fsp3) is 0. The summed E-state index contributed by atoms with van der Waals surface area (Å²) in [6.45, 7) is 0. The van der Waals surface area contributed by atoms with Crippen LogP contribution in [0, 0.1) is 0 Å². The lowest BCUT2D eigenvalue weighted by molar-refractivity contribution is 0.0697. The number of azo groups is 1. The minimum atomic E-state index is -0.955. The van der Waals surface area contributed by atoms with Gasteiger partial charge in [-0.1, -0.05) is 18.2 Å². The lowest BCUT2D eigenvalue weighted by Gasteiger charge is -1.99. The molecule has 1 N–H and O–H groups in total. The maximum absolute atomic E-state index is 10.8. The van der Waals surface area contributed by atoms with E-state index in [0.29, 0.717) is 5.69 Å². The highest BCUT2D eigenvalue weighted by Crippen LogP contribution is 2.23. The van der Waals surface area contributed by atoms with Crippen LogP contribution in [-0.4, -0.2) is 11.1 Å². The molecule has 1 aliphatic carbocycles. The second-order valence-corrected chi connectivity index (χ2v) is 4.68. The Morgan fingerprint density at radius 2 is 1.50 bits per heavy atom. The molecule has 22 heavy (non-hydrogen) atoms. The Balaban J connectivity index is 1.73. The predicted molar refractivity (Wildman–Crippen MR) is 84.6 cm³/mol. The number of nitrogens with zero attached hydrogens (tertiary/aromatic N) is 2. The van der Waals surface area contributed by atoms with Gasteiger partial charge in [0.1, 0.15) is 0 Å². The number of carboxylic acids is 1. The second kappa shape index (κ2) is 6.04. The van der Waals surface area contributed by atoms with Crippen LogP contribution in [0.1, 0.15) is 15.9 Å². The highest BCUT2D eigenvalue weighted by atomic mass is 16.4. The maximum Gasteiger partial charge on any atom is 0.335 e. The molecule has 0 spiro atoms. The summed E-state index contributed by atoms with van der Waals surface area (Å²) in [7, 11) is 0. The summed E-state index contributed by atoms with van der Waals surface area (Å²) >= 11 is 0. The van der Waals surface area contributed by atoms with Gasteiger partial charge in [0, 0.05) is 5.57 Å². The van der Waals surface area contributed by atoms with Gasteiger partial charge in [-0.2, -0.15) is 10.2 Å².